The Morgan fingerprint density at radius 3 is 2.57 bits per heavy atom. The Balaban J connectivity index is 1.88. The van der Waals surface area contributed by atoms with Crippen molar-refractivity contribution in [2.45, 2.75) is 6.54 Å². The first-order valence-corrected chi connectivity index (χ1v) is 7.36. The van der Waals surface area contributed by atoms with Crippen molar-refractivity contribution in [3.05, 3.63) is 72.6 Å². The maximum absolute atomic E-state index is 13.0. The van der Waals surface area contributed by atoms with Crippen molar-refractivity contribution in [3.63, 3.8) is 0 Å². The van der Waals surface area contributed by atoms with Gasteiger partial charge in [-0.1, -0.05) is 30.3 Å². The summed E-state index contributed by atoms with van der Waals surface area (Å²) in [5, 5.41) is 7.35. The average molecular weight is 308 g/mol. The molecule has 2 aromatic carbocycles. The molecule has 0 aliphatic rings. The van der Waals surface area contributed by atoms with Gasteiger partial charge in [0.2, 0.25) is 5.95 Å². The van der Waals surface area contributed by atoms with E-state index in [9.17, 15) is 4.39 Å². The smallest absolute Gasteiger partial charge is 0.225 e. The molecule has 116 valence electrons. The van der Waals surface area contributed by atoms with Crippen LogP contribution in [0.4, 0.5) is 16.2 Å². The molecule has 1 heterocycles. The fourth-order valence-electron chi connectivity index (χ4n) is 2.24. The summed E-state index contributed by atoms with van der Waals surface area (Å²) in [6, 6.07) is 14.2. The predicted octanol–water partition coefficient (Wildman–Crippen LogP) is 3.98. The molecule has 0 saturated carbocycles. The van der Waals surface area contributed by atoms with E-state index in [1.807, 2.05) is 24.3 Å². The molecular formula is C18H17FN4. The highest BCUT2D eigenvalue weighted by molar-refractivity contribution is 5.90. The summed E-state index contributed by atoms with van der Waals surface area (Å²) < 4.78 is 13.0. The number of nitrogens with one attached hydrogen (secondary N) is 2. The standard InChI is InChI=1S/C18H17FN4/c1-2-11-20-18-22-16-6-4-3-5-15(16)17(23-18)21-12-13-7-9-14(19)10-8-13/h2-10H,1,11-12H2,(H2,20,21,22,23). The number of halogens is 1. The van der Waals surface area contributed by atoms with Crippen molar-refractivity contribution < 1.29 is 4.39 Å². The van der Waals surface area contributed by atoms with Crippen LogP contribution in [0.3, 0.4) is 0 Å². The van der Waals surface area contributed by atoms with Crippen molar-refractivity contribution in [2.75, 3.05) is 17.2 Å². The summed E-state index contributed by atoms with van der Waals surface area (Å²) in [6.45, 7) is 4.83. The number of anilines is 2. The molecule has 5 heteroatoms. The topological polar surface area (TPSA) is 49.8 Å². The minimum Gasteiger partial charge on any atom is -0.365 e. The maximum Gasteiger partial charge on any atom is 0.225 e. The van der Waals surface area contributed by atoms with Gasteiger partial charge < -0.3 is 10.6 Å². The van der Waals surface area contributed by atoms with E-state index in [-0.39, 0.29) is 5.82 Å². The molecule has 0 atom stereocenters. The molecule has 4 nitrogen and oxygen atoms in total. The van der Waals surface area contributed by atoms with E-state index in [1.165, 1.54) is 12.1 Å². The van der Waals surface area contributed by atoms with Crippen LogP contribution in [0.2, 0.25) is 0 Å². The molecule has 0 radical (unpaired) electrons. The number of aromatic nitrogens is 2. The number of hydrogen-bond acceptors (Lipinski definition) is 4. The number of para-hydroxylation sites is 1. The molecule has 0 aliphatic heterocycles. The molecule has 0 aliphatic carbocycles. The van der Waals surface area contributed by atoms with Crippen molar-refractivity contribution in [3.8, 4) is 0 Å². The molecule has 0 saturated heterocycles. The lowest BCUT2D eigenvalue weighted by Gasteiger charge is -2.11. The third-order valence-electron chi connectivity index (χ3n) is 3.38. The van der Waals surface area contributed by atoms with E-state index >= 15 is 0 Å². The van der Waals surface area contributed by atoms with Gasteiger partial charge in [-0.25, -0.2) is 9.37 Å². The lowest BCUT2D eigenvalue weighted by molar-refractivity contribution is 0.627. The average Bonchev–Trinajstić information content (AvgIpc) is 2.59. The zero-order valence-corrected chi connectivity index (χ0v) is 12.6. The first kappa shape index (κ1) is 15.0. The summed E-state index contributed by atoms with van der Waals surface area (Å²) >= 11 is 0. The zero-order valence-electron chi connectivity index (χ0n) is 12.6. The molecule has 3 aromatic rings. The number of rotatable bonds is 6. The molecular weight excluding hydrogens is 291 g/mol. The third kappa shape index (κ3) is 3.63. The fraction of sp³-hybridized carbons (Fsp3) is 0.111. The highest BCUT2D eigenvalue weighted by Gasteiger charge is 2.07. The summed E-state index contributed by atoms with van der Waals surface area (Å²) in [6.07, 6.45) is 1.75. The van der Waals surface area contributed by atoms with Crippen LogP contribution in [0.15, 0.2) is 61.2 Å². The molecule has 23 heavy (non-hydrogen) atoms. The molecule has 1 aromatic heterocycles. The van der Waals surface area contributed by atoms with Gasteiger partial charge in [0.25, 0.3) is 0 Å². The number of hydrogen-bond donors (Lipinski definition) is 2. The Labute approximate surface area is 134 Å². The predicted molar refractivity (Wildman–Crippen MR) is 92.0 cm³/mol. The lowest BCUT2D eigenvalue weighted by Crippen LogP contribution is -2.07. The van der Waals surface area contributed by atoms with Crippen LogP contribution in [-0.4, -0.2) is 16.5 Å². The first-order valence-electron chi connectivity index (χ1n) is 7.36. The van der Waals surface area contributed by atoms with Crippen LogP contribution in [0.5, 0.6) is 0 Å². The highest BCUT2D eigenvalue weighted by atomic mass is 19.1. The largest absolute Gasteiger partial charge is 0.365 e. The van der Waals surface area contributed by atoms with Gasteiger partial charge in [-0.3, -0.25) is 0 Å². The lowest BCUT2D eigenvalue weighted by atomic mass is 10.2. The van der Waals surface area contributed by atoms with E-state index in [2.05, 4.69) is 27.2 Å². The second-order valence-corrected chi connectivity index (χ2v) is 5.06. The van der Waals surface area contributed by atoms with E-state index in [4.69, 9.17) is 0 Å². The summed E-state index contributed by atoms with van der Waals surface area (Å²) in [5.74, 6) is 1.05. The van der Waals surface area contributed by atoms with Gasteiger partial charge in [-0.2, -0.15) is 4.98 Å². The highest BCUT2D eigenvalue weighted by Crippen LogP contribution is 2.22. The zero-order chi connectivity index (χ0) is 16.1. The molecule has 0 amide bonds. The second-order valence-electron chi connectivity index (χ2n) is 5.06. The van der Waals surface area contributed by atoms with E-state index in [0.29, 0.717) is 19.0 Å². The molecule has 3 rings (SSSR count). The van der Waals surface area contributed by atoms with E-state index < -0.39 is 0 Å². The normalized spacial score (nSPS) is 10.5. The van der Waals surface area contributed by atoms with Crippen LogP contribution in [0, 0.1) is 5.82 Å². The maximum atomic E-state index is 13.0. The Bertz CT molecular complexity index is 815. The quantitative estimate of drug-likeness (QED) is 0.676. The number of fused-ring (bicyclic) bond motifs is 1. The van der Waals surface area contributed by atoms with Crippen LogP contribution < -0.4 is 10.6 Å². The third-order valence-corrected chi connectivity index (χ3v) is 3.38. The Morgan fingerprint density at radius 1 is 1.00 bits per heavy atom. The van der Waals surface area contributed by atoms with Gasteiger partial charge in [0.05, 0.1) is 5.52 Å². The van der Waals surface area contributed by atoms with Crippen molar-refractivity contribution in [1.82, 2.24) is 9.97 Å². The first-order chi connectivity index (χ1) is 11.3. The fourth-order valence-corrected chi connectivity index (χ4v) is 2.24. The van der Waals surface area contributed by atoms with Crippen molar-refractivity contribution in [2.24, 2.45) is 0 Å². The van der Waals surface area contributed by atoms with E-state index in [0.717, 1.165) is 22.3 Å². The minimum absolute atomic E-state index is 0.239. The van der Waals surface area contributed by atoms with Gasteiger partial charge in [0.1, 0.15) is 11.6 Å². The van der Waals surface area contributed by atoms with Gasteiger partial charge in [-0.05, 0) is 29.8 Å². The summed E-state index contributed by atoms with van der Waals surface area (Å²) in [7, 11) is 0. The van der Waals surface area contributed by atoms with Crippen LogP contribution >= 0.6 is 0 Å². The Kier molecular flexibility index (Phi) is 4.47. The monoisotopic (exact) mass is 308 g/mol. The van der Waals surface area contributed by atoms with Gasteiger partial charge in [0, 0.05) is 18.5 Å². The molecule has 0 spiro atoms. The van der Waals surface area contributed by atoms with Gasteiger partial charge in [0.15, 0.2) is 0 Å². The van der Waals surface area contributed by atoms with Crippen LogP contribution in [-0.2, 0) is 6.54 Å². The summed E-state index contributed by atoms with van der Waals surface area (Å²) in [5.41, 5.74) is 1.84. The van der Waals surface area contributed by atoms with Crippen molar-refractivity contribution in [1.29, 1.82) is 0 Å². The molecule has 0 fully saturated rings. The molecule has 2 N–H and O–H groups in total. The van der Waals surface area contributed by atoms with Gasteiger partial charge in [-0.15, -0.1) is 6.58 Å². The number of nitrogens with zero attached hydrogens (tertiary/aromatic N) is 2. The minimum atomic E-state index is -0.239. The number of benzene rings is 2. The SMILES string of the molecule is C=CCNc1nc(NCc2ccc(F)cc2)c2ccccc2n1. The Hall–Kier alpha value is -2.95. The Morgan fingerprint density at radius 2 is 1.78 bits per heavy atom. The molecule has 0 unspecified atom stereocenters. The van der Waals surface area contributed by atoms with Gasteiger partial charge >= 0.3 is 0 Å². The molecule has 0 bridgehead atoms. The van der Waals surface area contributed by atoms with E-state index in [1.54, 1.807) is 18.2 Å². The van der Waals surface area contributed by atoms with Crippen molar-refractivity contribution >= 4 is 22.7 Å². The summed E-state index contributed by atoms with van der Waals surface area (Å²) in [4.78, 5) is 9.00. The van der Waals surface area contributed by atoms with Crippen LogP contribution in [0.25, 0.3) is 10.9 Å². The van der Waals surface area contributed by atoms with Crippen LogP contribution in [0.1, 0.15) is 5.56 Å². The second kappa shape index (κ2) is 6.87.